The maximum atomic E-state index is 12.1. The smallest absolute Gasteiger partial charge is 0.319 e. The summed E-state index contributed by atoms with van der Waals surface area (Å²) >= 11 is 0. The van der Waals surface area contributed by atoms with Crippen LogP contribution in [0.25, 0.3) is 0 Å². The molecule has 1 atom stereocenters. The highest BCUT2D eigenvalue weighted by Gasteiger charge is 2.17. The molecule has 2 aromatic rings. The van der Waals surface area contributed by atoms with E-state index < -0.39 is 0 Å². The van der Waals surface area contributed by atoms with E-state index in [9.17, 15) is 4.79 Å². The van der Waals surface area contributed by atoms with Gasteiger partial charge in [-0.1, -0.05) is 32.9 Å². The molecule has 0 spiro atoms. The van der Waals surface area contributed by atoms with E-state index >= 15 is 0 Å². The zero-order valence-electron chi connectivity index (χ0n) is 15.5. The first-order valence-corrected chi connectivity index (χ1v) is 8.31. The van der Waals surface area contributed by atoms with Crippen molar-refractivity contribution in [2.75, 3.05) is 12.4 Å². The molecule has 0 saturated heterocycles. The normalized spacial score (nSPS) is 12.4. The summed E-state index contributed by atoms with van der Waals surface area (Å²) in [6.07, 6.45) is 3.96. The Hall–Kier alpha value is -2.63. The molecule has 0 aliphatic carbocycles. The van der Waals surface area contributed by atoms with Crippen molar-refractivity contribution in [3.05, 3.63) is 48.0 Å². The number of methoxy groups -OCH3 is 1. The van der Waals surface area contributed by atoms with Crippen LogP contribution in [0.2, 0.25) is 0 Å². The Balaban J connectivity index is 1.88. The van der Waals surface area contributed by atoms with Gasteiger partial charge in [-0.05, 0) is 31.0 Å². The molecule has 1 aromatic carbocycles. The zero-order chi connectivity index (χ0) is 18.4. The number of urea groups is 1. The minimum Gasteiger partial charge on any atom is -0.497 e. The summed E-state index contributed by atoms with van der Waals surface area (Å²) in [4.78, 5) is 20.7. The number of ether oxygens (including phenoxy) is 1. The van der Waals surface area contributed by atoms with Gasteiger partial charge >= 0.3 is 6.03 Å². The highest BCUT2D eigenvalue weighted by molar-refractivity contribution is 5.89. The lowest BCUT2D eigenvalue weighted by Gasteiger charge is -2.17. The van der Waals surface area contributed by atoms with Crippen molar-refractivity contribution in [3.8, 4) is 5.75 Å². The first-order chi connectivity index (χ1) is 11.8. The van der Waals surface area contributed by atoms with Gasteiger partial charge in [0.1, 0.15) is 11.6 Å². The molecule has 6 nitrogen and oxygen atoms in total. The molecular weight excluding hydrogens is 316 g/mol. The van der Waals surface area contributed by atoms with Crippen LogP contribution in [-0.4, -0.2) is 29.2 Å². The summed E-state index contributed by atoms with van der Waals surface area (Å²) in [5, 5.41) is 5.67. The lowest BCUT2D eigenvalue weighted by atomic mass is 9.96. The Morgan fingerprint density at radius 1 is 1.24 bits per heavy atom. The number of carbonyl (C=O) groups is 1. The number of rotatable bonds is 5. The number of nitrogens with zero attached hydrogens (tertiary/aromatic N) is 2. The molecule has 0 aliphatic rings. The highest BCUT2D eigenvalue weighted by Crippen LogP contribution is 2.18. The molecular formula is C19H26N4O2. The van der Waals surface area contributed by atoms with Gasteiger partial charge in [-0.15, -0.1) is 0 Å². The number of carbonyl (C=O) groups excluding carboxylic acids is 1. The van der Waals surface area contributed by atoms with Crippen molar-refractivity contribution in [3.63, 3.8) is 0 Å². The number of nitrogens with one attached hydrogen (secondary N) is 2. The summed E-state index contributed by atoms with van der Waals surface area (Å²) in [5.41, 5.74) is 1.55. The maximum absolute atomic E-state index is 12.1. The third-order valence-electron chi connectivity index (χ3n) is 3.63. The molecule has 1 heterocycles. The first-order valence-electron chi connectivity index (χ1n) is 8.31. The molecule has 134 valence electrons. The van der Waals surface area contributed by atoms with Crippen LogP contribution < -0.4 is 15.4 Å². The van der Waals surface area contributed by atoms with Crippen LogP contribution in [0.3, 0.4) is 0 Å². The number of benzene rings is 1. The number of aromatic nitrogens is 2. The van der Waals surface area contributed by atoms with Crippen molar-refractivity contribution < 1.29 is 9.53 Å². The van der Waals surface area contributed by atoms with E-state index in [1.807, 2.05) is 52.0 Å². The Kier molecular flexibility index (Phi) is 5.96. The molecule has 2 N–H and O–H groups in total. The van der Waals surface area contributed by atoms with Crippen LogP contribution in [0.5, 0.6) is 5.75 Å². The van der Waals surface area contributed by atoms with Crippen molar-refractivity contribution in [1.29, 1.82) is 0 Å². The third kappa shape index (κ3) is 5.74. The number of hydrogen-bond donors (Lipinski definition) is 2. The van der Waals surface area contributed by atoms with Crippen LogP contribution in [0.1, 0.15) is 39.1 Å². The molecule has 2 rings (SSSR count). The average Bonchev–Trinajstić information content (AvgIpc) is 2.54. The summed E-state index contributed by atoms with van der Waals surface area (Å²) in [6, 6.07) is 7.52. The van der Waals surface area contributed by atoms with Gasteiger partial charge in [0.15, 0.2) is 0 Å². The largest absolute Gasteiger partial charge is 0.497 e. The Labute approximate surface area is 149 Å². The van der Waals surface area contributed by atoms with Crippen molar-refractivity contribution >= 4 is 11.7 Å². The van der Waals surface area contributed by atoms with Gasteiger partial charge in [0.2, 0.25) is 0 Å². The molecule has 0 radical (unpaired) electrons. The fourth-order valence-corrected chi connectivity index (χ4v) is 2.37. The lowest BCUT2D eigenvalue weighted by Crippen LogP contribution is -2.37. The molecule has 25 heavy (non-hydrogen) atoms. The second-order valence-electron chi connectivity index (χ2n) is 7.10. The predicted octanol–water partition coefficient (Wildman–Crippen LogP) is 3.54. The van der Waals surface area contributed by atoms with E-state index in [4.69, 9.17) is 4.74 Å². The van der Waals surface area contributed by atoms with Crippen LogP contribution in [0.15, 0.2) is 36.7 Å². The van der Waals surface area contributed by atoms with Gasteiger partial charge < -0.3 is 15.4 Å². The van der Waals surface area contributed by atoms with Gasteiger partial charge in [0.05, 0.1) is 25.2 Å². The SMILES string of the molecule is COc1cccc(CC(C)NC(=O)Nc2cnc(C(C)(C)C)nc2)c1. The minimum atomic E-state index is -0.275. The molecule has 1 unspecified atom stereocenters. The average molecular weight is 342 g/mol. The quantitative estimate of drug-likeness (QED) is 0.871. The van der Waals surface area contributed by atoms with E-state index in [0.717, 1.165) is 17.1 Å². The van der Waals surface area contributed by atoms with E-state index in [1.165, 1.54) is 0 Å². The van der Waals surface area contributed by atoms with Crippen LogP contribution in [0, 0.1) is 0 Å². The van der Waals surface area contributed by atoms with E-state index in [1.54, 1.807) is 19.5 Å². The number of anilines is 1. The fraction of sp³-hybridized carbons (Fsp3) is 0.421. The van der Waals surface area contributed by atoms with Gasteiger partial charge in [0, 0.05) is 11.5 Å². The van der Waals surface area contributed by atoms with E-state index in [-0.39, 0.29) is 17.5 Å². The van der Waals surface area contributed by atoms with E-state index in [0.29, 0.717) is 12.1 Å². The summed E-state index contributed by atoms with van der Waals surface area (Å²) in [7, 11) is 1.64. The minimum absolute atomic E-state index is 0.0260. The monoisotopic (exact) mass is 342 g/mol. The van der Waals surface area contributed by atoms with Crippen molar-refractivity contribution in [2.45, 2.75) is 45.6 Å². The summed E-state index contributed by atoms with van der Waals surface area (Å²) in [5.74, 6) is 1.55. The standard InChI is InChI=1S/C19H26N4O2/c1-13(9-14-7-6-8-16(10-14)25-5)22-18(24)23-15-11-20-17(21-12-15)19(2,3)4/h6-8,10-13H,9H2,1-5H3,(H2,22,23,24). The summed E-state index contributed by atoms with van der Waals surface area (Å²) < 4.78 is 5.22. The maximum Gasteiger partial charge on any atom is 0.319 e. The highest BCUT2D eigenvalue weighted by atomic mass is 16.5. The molecule has 2 amide bonds. The molecule has 0 fully saturated rings. The van der Waals surface area contributed by atoms with Crippen molar-refractivity contribution in [2.24, 2.45) is 0 Å². The number of hydrogen-bond acceptors (Lipinski definition) is 4. The molecule has 0 aliphatic heterocycles. The van der Waals surface area contributed by atoms with Crippen LogP contribution in [-0.2, 0) is 11.8 Å². The topological polar surface area (TPSA) is 76.1 Å². The summed E-state index contributed by atoms with van der Waals surface area (Å²) in [6.45, 7) is 8.09. The van der Waals surface area contributed by atoms with Crippen LogP contribution in [0.4, 0.5) is 10.5 Å². The van der Waals surface area contributed by atoms with E-state index in [2.05, 4.69) is 20.6 Å². The zero-order valence-corrected chi connectivity index (χ0v) is 15.5. The fourth-order valence-electron chi connectivity index (χ4n) is 2.37. The van der Waals surface area contributed by atoms with Crippen molar-refractivity contribution in [1.82, 2.24) is 15.3 Å². The molecule has 0 bridgehead atoms. The van der Waals surface area contributed by atoms with Gasteiger partial charge in [0.25, 0.3) is 0 Å². The lowest BCUT2D eigenvalue weighted by molar-refractivity contribution is 0.249. The Morgan fingerprint density at radius 2 is 1.92 bits per heavy atom. The Morgan fingerprint density at radius 3 is 2.52 bits per heavy atom. The Bertz CT molecular complexity index is 708. The second-order valence-corrected chi connectivity index (χ2v) is 7.10. The molecule has 0 saturated carbocycles. The number of amides is 2. The molecule has 6 heteroatoms. The second kappa shape index (κ2) is 7.96. The van der Waals surface area contributed by atoms with Gasteiger partial charge in [-0.25, -0.2) is 14.8 Å². The first kappa shape index (κ1) is 18.7. The predicted molar refractivity (Wildman–Crippen MR) is 99.0 cm³/mol. The molecule has 1 aromatic heterocycles. The van der Waals surface area contributed by atoms with Gasteiger partial charge in [-0.3, -0.25) is 0 Å². The van der Waals surface area contributed by atoms with Crippen LogP contribution >= 0.6 is 0 Å². The van der Waals surface area contributed by atoms with Gasteiger partial charge in [-0.2, -0.15) is 0 Å². The third-order valence-corrected chi connectivity index (χ3v) is 3.63.